The van der Waals surface area contributed by atoms with E-state index in [1.165, 1.54) is 30.7 Å². The highest BCUT2D eigenvalue weighted by Gasteiger charge is 2.36. The Morgan fingerprint density at radius 2 is 1.68 bits per heavy atom. The predicted octanol–water partition coefficient (Wildman–Crippen LogP) is 6.39. The van der Waals surface area contributed by atoms with Gasteiger partial charge in [-0.3, -0.25) is 9.78 Å². The van der Waals surface area contributed by atoms with Gasteiger partial charge in [0.2, 0.25) is 0 Å². The lowest BCUT2D eigenvalue weighted by Gasteiger charge is -2.11. The molecule has 0 aliphatic rings. The molecule has 0 saturated carbocycles. The van der Waals surface area contributed by atoms with E-state index < -0.39 is 17.8 Å². The van der Waals surface area contributed by atoms with Crippen LogP contribution in [-0.2, 0) is 6.18 Å². The summed E-state index contributed by atoms with van der Waals surface area (Å²) in [6.07, 6.45) is -0.481. The summed E-state index contributed by atoms with van der Waals surface area (Å²) in [5, 5.41) is 6.75. The van der Waals surface area contributed by atoms with Gasteiger partial charge in [-0.25, -0.2) is 9.67 Å². The van der Waals surface area contributed by atoms with Gasteiger partial charge in [-0.2, -0.15) is 18.3 Å². The molecule has 5 rings (SSSR count). The van der Waals surface area contributed by atoms with Crippen LogP contribution in [0.1, 0.15) is 16.1 Å². The summed E-state index contributed by atoms with van der Waals surface area (Å²) in [7, 11) is 0. The fourth-order valence-electron chi connectivity index (χ4n) is 3.53. The Hall–Kier alpha value is -4.99. The zero-order chi connectivity index (χ0) is 25.8. The van der Waals surface area contributed by atoms with E-state index in [1.54, 1.807) is 48.5 Å². The van der Waals surface area contributed by atoms with E-state index in [9.17, 15) is 18.0 Å². The predicted molar refractivity (Wildman–Crippen MR) is 131 cm³/mol. The van der Waals surface area contributed by atoms with Crippen molar-refractivity contribution in [3.63, 3.8) is 0 Å². The zero-order valence-electron chi connectivity index (χ0n) is 19.1. The first kappa shape index (κ1) is 23.7. The van der Waals surface area contributed by atoms with Crippen molar-refractivity contribution in [2.24, 2.45) is 0 Å². The van der Waals surface area contributed by atoms with Gasteiger partial charge < -0.3 is 10.1 Å². The van der Waals surface area contributed by atoms with Crippen LogP contribution in [0.4, 0.5) is 19.0 Å². The van der Waals surface area contributed by atoms with Crippen molar-refractivity contribution in [1.29, 1.82) is 0 Å². The van der Waals surface area contributed by atoms with Crippen molar-refractivity contribution in [1.82, 2.24) is 19.7 Å². The number of alkyl halides is 3. The molecule has 0 spiro atoms. The maximum atomic E-state index is 13.7. The van der Waals surface area contributed by atoms with E-state index >= 15 is 0 Å². The van der Waals surface area contributed by atoms with Gasteiger partial charge in [-0.15, -0.1) is 0 Å². The van der Waals surface area contributed by atoms with Crippen molar-refractivity contribution in [2.75, 3.05) is 5.32 Å². The van der Waals surface area contributed by atoms with Crippen molar-refractivity contribution < 1.29 is 22.7 Å². The fraction of sp³-hybridized carbons (Fsp3) is 0.0370. The number of nitrogens with zero attached hydrogens (tertiary/aromatic N) is 4. The minimum atomic E-state index is -4.65. The monoisotopic (exact) mass is 501 g/mol. The number of amides is 1. The molecular weight excluding hydrogens is 483 g/mol. The van der Waals surface area contributed by atoms with Gasteiger partial charge in [0.25, 0.3) is 5.91 Å². The van der Waals surface area contributed by atoms with E-state index in [2.05, 4.69) is 20.4 Å². The second kappa shape index (κ2) is 9.94. The smallest absolute Gasteiger partial charge is 0.433 e. The third kappa shape index (κ3) is 5.48. The first-order valence-corrected chi connectivity index (χ1v) is 11.1. The first-order chi connectivity index (χ1) is 17.9. The molecule has 0 radical (unpaired) electrons. The average Bonchev–Trinajstić information content (AvgIpc) is 3.37. The van der Waals surface area contributed by atoms with Crippen LogP contribution in [0.15, 0.2) is 104 Å². The lowest BCUT2D eigenvalue weighted by atomic mass is 10.2. The minimum absolute atomic E-state index is 0.0822. The minimum Gasteiger partial charge on any atom is -0.457 e. The zero-order valence-corrected chi connectivity index (χ0v) is 19.1. The molecule has 0 atom stereocenters. The quantitative estimate of drug-likeness (QED) is 0.292. The molecule has 10 heteroatoms. The third-order valence-electron chi connectivity index (χ3n) is 5.27. The van der Waals surface area contributed by atoms with Gasteiger partial charge >= 0.3 is 6.18 Å². The molecule has 3 heterocycles. The molecule has 5 aromatic rings. The maximum absolute atomic E-state index is 13.7. The van der Waals surface area contributed by atoms with Crippen LogP contribution in [-0.4, -0.2) is 25.7 Å². The third-order valence-corrected chi connectivity index (χ3v) is 5.27. The van der Waals surface area contributed by atoms with Crippen LogP contribution in [0.25, 0.3) is 16.9 Å². The number of rotatable bonds is 6. The van der Waals surface area contributed by atoms with Crippen molar-refractivity contribution in [2.45, 2.75) is 6.18 Å². The molecule has 0 saturated heterocycles. The summed E-state index contributed by atoms with van der Waals surface area (Å²) in [5.41, 5.74) is 0.0169. The molecule has 0 unspecified atom stereocenters. The van der Waals surface area contributed by atoms with Crippen molar-refractivity contribution >= 4 is 11.7 Å². The molecule has 3 aromatic heterocycles. The number of carbonyl (C=O) groups excluding carboxylic acids is 1. The first-order valence-electron chi connectivity index (χ1n) is 11.1. The molecule has 0 fully saturated rings. The summed E-state index contributed by atoms with van der Waals surface area (Å²) in [6.45, 7) is 0. The van der Waals surface area contributed by atoms with Crippen LogP contribution in [0.5, 0.6) is 11.5 Å². The normalized spacial score (nSPS) is 11.2. The van der Waals surface area contributed by atoms with E-state index in [1.807, 2.05) is 18.2 Å². The van der Waals surface area contributed by atoms with Gasteiger partial charge in [-0.05, 0) is 60.7 Å². The lowest BCUT2D eigenvalue weighted by molar-refractivity contribution is -0.142. The van der Waals surface area contributed by atoms with Crippen LogP contribution in [0.2, 0.25) is 0 Å². The Morgan fingerprint density at radius 3 is 2.38 bits per heavy atom. The molecule has 184 valence electrons. The number of carbonyl (C=O) groups is 1. The molecule has 7 nitrogen and oxygen atoms in total. The maximum Gasteiger partial charge on any atom is 0.433 e. The van der Waals surface area contributed by atoms with Crippen LogP contribution >= 0.6 is 0 Å². The Kier molecular flexibility index (Phi) is 6.38. The summed E-state index contributed by atoms with van der Waals surface area (Å²) >= 11 is 0. The molecule has 37 heavy (non-hydrogen) atoms. The number of aromatic nitrogens is 4. The van der Waals surface area contributed by atoms with E-state index in [0.717, 1.165) is 10.7 Å². The van der Waals surface area contributed by atoms with Gasteiger partial charge in [0.1, 0.15) is 23.0 Å². The highest BCUT2D eigenvalue weighted by Crippen LogP contribution is 2.34. The number of pyridine rings is 2. The standard InChI is InChI=1S/C27H18F3N5O2/c28-27(29,30)24-15-23(19-7-5-13-31-16-19)34-35(24)20-11-12-25(32-17-20)33-26(36)18-6-4-10-22(14-18)37-21-8-2-1-3-9-21/h1-17H,(H,32,33,36). The average molecular weight is 501 g/mol. The van der Waals surface area contributed by atoms with Crippen LogP contribution in [0.3, 0.4) is 0 Å². The topological polar surface area (TPSA) is 81.9 Å². The molecule has 1 N–H and O–H groups in total. The molecule has 0 bridgehead atoms. The Balaban J connectivity index is 1.35. The largest absolute Gasteiger partial charge is 0.457 e. The Labute approximate surface area is 209 Å². The molecule has 1 amide bonds. The van der Waals surface area contributed by atoms with Gasteiger partial charge in [0.15, 0.2) is 0 Å². The SMILES string of the molecule is O=C(Nc1ccc(-n2nc(-c3cccnc3)cc2C(F)(F)F)cn1)c1cccc(Oc2ccccc2)c1. The number of nitrogens with one attached hydrogen (secondary N) is 1. The molecule has 0 aliphatic heterocycles. The fourth-order valence-corrected chi connectivity index (χ4v) is 3.53. The number of hydrogen-bond acceptors (Lipinski definition) is 5. The summed E-state index contributed by atoms with van der Waals surface area (Å²) in [4.78, 5) is 20.8. The number of para-hydroxylation sites is 1. The van der Waals surface area contributed by atoms with Crippen molar-refractivity contribution in [3.05, 3.63) is 115 Å². The van der Waals surface area contributed by atoms with Gasteiger partial charge in [-0.1, -0.05) is 24.3 Å². The second-order valence-electron chi connectivity index (χ2n) is 7.86. The van der Waals surface area contributed by atoms with Crippen LogP contribution < -0.4 is 10.1 Å². The summed E-state index contributed by atoms with van der Waals surface area (Å²) in [6, 6.07) is 22.7. The lowest BCUT2D eigenvalue weighted by Crippen LogP contribution is -2.15. The van der Waals surface area contributed by atoms with Gasteiger partial charge in [0, 0.05) is 23.5 Å². The Morgan fingerprint density at radius 1 is 0.865 bits per heavy atom. The Bertz CT molecular complexity index is 1520. The van der Waals surface area contributed by atoms with Crippen molar-refractivity contribution in [3.8, 4) is 28.4 Å². The van der Waals surface area contributed by atoms with E-state index in [-0.39, 0.29) is 17.2 Å². The number of hydrogen-bond donors (Lipinski definition) is 1. The molecule has 0 aliphatic carbocycles. The second-order valence-corrected chi connectivity index (χ2v) is 7.86. The number of benzene rings is 2. The number of anilines is 1. The number of ether oxygens (including phenoxy) is 1. The number of halogens is 3. The van der Waals surface area contributed by atoms with E-state index in [0.29, 0.717) is 22.6 Å². The highest BCUT2D eigenvalue weighted by atomic mass is 19.4. The molecular formula is C27H18F3N5O2. The summed E-state index contributed by atoms with van der Waals surface area (Å²) < 4.78 is 47.6. The molecule has 2 aromatic carbocycles. The van der Waals surface area contributed by atoms with Crippen LogP contribution in [0, 0.1) is 0 Å². The highest BCUT2D eigenvalue weighted by molar-refractivity contribution is 6.04. The van der Waals surface area contributed by atoms with Gasteiger partial charge in [0.05, 0.1) is 17.6 Å². The summed E-state index contributed by atoms with van der Waals surface area (Å²) in [5.74, 6) is 0.815. The van der Waals surface area contributed by atoms with E-state index in [4.69, 9.17) is 4.74 Å².